The number of aliphatic hydroxyl groups is 1. The summed E-state index contributed by atoms with van der Waals surface area (Å²) in [5.74, 6) is 2.11. The van der Waals surface area contributed by atoms with Crippen LogP contribution >= 0.6 is 0 Å². The molecule has 0 spiro atoms. The minimum absolute atomic E-state index is 0.479. The molecule has 21 heavy (non-hydrogen) atoms. The fraction of sp³-hybridized carbons (Fsp3) is 0.412. The molecule has 3 rings (SSSR count). The quantitative estimate of drug-likeness (QED) is 0.923. The first-order valence-corrected chi connectivity index (χ1v) is 7.02. The van der Waals surface area contributed by atoms with Gasteiger partial charge < -0.3 is 19.3 Å². The van der Waals surface area contributed by atoms with Crippen LogP contribution in [0.3, 0.4) is 0 Å². The van der Waals surface area contributed by atoms with Crippen LogP contribution in [-0.2, 0) is 6.42 Å². The first-order chi connectivity index (χ1) is 9.99. The van der Waals surface area contributed by atoms with Crippen molar-refractivity contribution in [2.24, 2.45) is 0 Å². The normalized spacial score (nSPS) is 19.8. The van der Waals surface area contributed by atoms with Crippen molar-refractivity contribution in [1.29, 1.82) is 0 Å². The van der Waals surface area contributed by atoms with Crippen molar-refractivity contribution >= 4 is 10.8 Å². The van der Waals surface area contributed by atoms with Crippen molar-refractivity contribution in [2.45, 2.75) is 32.0 Å². The largest absolute Gasteiger partial charge is 0.496 e. The van der Waals surface area contributed by atoms with E-state index in [0.717, 1.165) is 22.1 Å². The van der Waals surface area contributed by atoms with Gasteiger partial charge in [-0.1, -0.05) is 24.3 Å². The van der Waals surface area contributed by atoms with Crippen LogP contribution in [0.25, 0.3) is 10.8 Å². The Balaban J connectivity index is 2.37. The Labute approximate surface area is 124 Å². The molecule has 0 bridgehead atoms. The molecule has 1 N–H and O–H groups in total. The summed E-state index contributed by atoms with van der Waals surface area (Å²) in [5.41, 5.74) is 0.202. The van der Waals surface area contributed by atoms with E-state index in [-0.39, 0.29) is 0 Å². The van der Waals surface area contributed by atoms with Crippen molar-refractivity contribution in [3.05, 3.63) is 29.8 Å². The Morgan fingerprint density at radius 1 is 1.10 bits per heavy atom. The number of benzene rings is 2. The van der Waals surface area contributed by atoms with E-state index in [1.54, 1.807) is 14.2 Å². The molecule has 0 saturated carbocycles. The SMILES string of the molecule is COc1c2c(c(OC)c3ccccc13)OC(C)(C)[C@H](O)C2. The minimum Gasteiger partial charge on any atom is -0.496 e. The third kappa shape index (κ3) is 2.02. The predicted molar refractivity (Wildman–Crippen MR) is 81.5 cm³/mol. The Hall–Kier alpha value is -1.94. The number of aliphatic hydroxyl groups excluding tert-OH is 1. The van der Waals surface area contributed by atoms with E-state index in [9.17, 15) is 5.11 Å². The van der Waals surface area contributed by atoms with Crippen LogP contribution in [-0.4, -0.2) is 31.0 Å². The van der Waals surface area contributed by atoms with Crippen molar-refractivity contribution in [1.82, 2.24) is 0 Å². The zero-order chi connectivity index (χ0) is 15.2. The summed E-state index contributed by atoms with van der Waals surface area (Å²) in [6.07, 6.45) is -0.114. The molecule has 4 nitrogen and oxygen atoms in total. The maximum absolute atomic E-state index is 10.3. The number of rotatable bonds is 2. The summed E-state index contributed by atoms with van der Waals surface area (Å²) in [5, 5.41) is 12.2. The Bertz CT molecular complexity index is 691. The standard InChI is InChI=1S/C17H20O4/c1-17(2)13(18)9-12-14(19-3)10-7-5-6-8-11(10)15(20-4)16(12)21-17/h5-8,13,18H,9H2,1-4H3/t13-/m1/s1. The molecule has 1 atom stereocenters. The van der Waals surface area contributed by atoms with Gasteiger partial charge in [-0.2, -0.15) is 0 Å². The predicted octanol–water partition coefficient (Wildman–Crippen LogP) is 2.93. The van der Waals surface area contributed by atoms with Crippen molar-refractivity contribution in [2.75, 3.05) is 14.2 Å². The van der Waals surface area contributed by atoms with Crippen LogP contribution in [0.4, 0.5) is 0 Å². The molecule has 2 aromatic rings. The second-order valence-electron chi connectivity index (χ2n) is 5.85. The second kappa shape index (κ2) is 4.81. The zero-order valence-electron chi connectivity index (χ0n) is 12.8. The molecular formula is C17H20O4. The van der Waals surface area contributed by atoms with E-state index in [1.807, 2.05) is 38.1 Å². The van der Waals surface area contributed by atoms with Crippen LogP contribution in [0, 0.1) is 0 Å². The molecule has 112 valence electrons. The van der Waals surface area contributed by atoms with Crippen LogP contribution in [0.2, 0.25) is 0 Å². The molecule has 0 radical (unpaired) electrons. The first kappa shape index (κ1) is 14.0. The van der Waals surface area contributed by atoms with Crippen molar-refractivity contribution in [3.8, 4) is 17.2 Å². The van der Waals surface area contributed by atoms with Crippen LogP contribution < -0.4 is 14.2 Å². The number of fused-ring (bicyclic) bond motifs is 2. The summed E-state index contributed by atoms with van der Waals surface area (Å²) in [6, 6.07) is 7.89. The van der Waals surface area contributed by atoms with Gasteiger partial charge in [-0.05, 0) is 13.8 Å². The number of hydrogen-bond acceptors (Lipinski definition) is 4. The number of hydrogen-bond donors (Lipinski definition) is 1. The summed E-state index contributed by atoms with van der Waals surface area (Å²) in [7, 11) is 3.27. The molecule has 0 fully saturated rings. The highest BCUT2D eigenvalue weighted by molar-refractivity contribution is 5.97. The monoisotopic (exact) mass is 288 g/mol. The Morgan fingerprint density at radius 3 is 2.24 bits per heavy atom. The lowest BCUT2D eigenvalue weighted by Gasteiger charge is -2.38. The van der Waals surface area contributed by atoms with Gasteiger partial charge in [-0.15, -0.1) is 0 Å². The highest BCUT2D eigenvalue weighted by Crippen LogP contribution is 2.50. The van der Waals surface area contributed by atoms with Crippen molar-refractivity contribution in [3.63, 3.8) is 0 Å². The lowest BCUT2D eigenvalue weighted by molar-refractivity contribution is -0.0428. The fourth-order valence-corrected chi connectivity index (χ4v) is 2.90. The molecule has 1 aliphatic heterocycles. The third-order valence-corrected chi connectivity index (χ3v) is 4.14. The van der Waals surface area contributed by atoms with Gasteiger partial charge in [-0.25, -0.2) is 0 Å². The van der Waals surface area contributed by atoms with Gasteiger partial charge in [-0.3, -0.25) is 0 Å². The molecule has 0 unspecified atom stereocenters. The lowest BCUT2D eigenvalue weighted by Crippen LogP contribution is -2.46. The van der Waals surface area contributed by atoms with Crippen LogP contribution in [0.5, 0.6) is 17.2 Å². The van der Waals surface area contributed by atoms with Gasteiger partial charge in [0.1, 0.15) is 11.4 Å². The minimum atomic E-state index is -0.659. The Morgan fingerprint density at radius 2 is 1.67 bits per heavy atom. The molecule has 0 aromatic heterocycles. The molecule has 2 aromatic carbocycles. The maximum atomic E-state index is 10.3. The average molecular weight is 288 g/mol. The summed E-state index contributed by atoms with van der Waals surface area (Å²) < 4.78 is 17.2. The highest BCUT2D eigenvalue weighted by Gasteiger charge is 2.39. The topological polar surface area (TPSA) is 47.9 Å². The molecular weight excluding hydrogens is 268 g/mol. The summed E-state index contributed by atoms with van der Waals surface area (Å²) in [6.45, 7) is 3.75. The fourth-order valence-electron chi connectivity index (χ4n) is 2.90. The third-order valence-electron chi connectivity index (χ3n) is 4.14. The highest BCUT2D eigenvalue weighted by atomic mass is 16.5. The van der Waals surface area contributed by atoms with Gasteiger partial charge in [0, 0.05) is 22.8 Å². The van der Waals surface area contributed by atoms with E-state index in [4.69, 9.17) is 14.2 Å². The molecule has 4 heteroatoms. The first-order valence-electron chi connectivity index (χ1n) is 7.02. The van der Waals surface area contributed by atoms with Gasteiger partial charge in [0.05, 0.1) is 20.3 Å². The molecule has 0 aliphatic carbocycles. The van der Waals surface area contributed by atoms with Crippen LogP contribution in [0.15, 0.2) is 24.3 Å². The van der Waals surface area contributed by atoms with Crippen molar-refractivity contribution < 1.29 is 19.3 Å². The van der Waals surface area contributed by atoms with Gasteiger partial charge in [0.25, 0.3) is 0 Å². The van der Waals surface area contributed by atoms with E-state index in [0.29, 0.717) is 17.9 Å². The van der Waals surface area contributed by atoms with E-state index < -0.39 is 11.7 Å². The van der Waals surface area contributed by atoms with Gasteiger partial charge >= 0.3 is 0 Å². The maximum Gasteiger partial charge on any atom is 0.169 e. The molecule has 1 heterocycles. The van der Waals surface area contributed by atoms with E-state index in [2.05, 4.69) is 0 Å². The lowest BCUT2D eigenvalue weighted by atomic mass is 9.88. The van der Waals surface area contributed by atoms with E-state index >= 15 is 0 Å². The number of methoxy groups -OCH3 is 2. The number of ether oxygens (including phenoxy) is 3. The average Bonchev–Trinajstić information content (AvgIpc) is 2.46. The second-order valence-corrected chi connectivity index (χ2v) is 5.85. The van der Waals surface area contributed by atoms with E-state index in [1.165, 1.54) is 0 Å². The molecule has 0 saturated heterocycles. The summed E-state index contributed by atoms with van der Waals surface area (Å²) >= 11 is 0. The summed E-state index contributed by atoms with van der Waals surface area (Å²) in [4.78, 5) is 0. The van der Waals surface area contributed by atoms with Gasteiger partial charge in [0.15, 0.2) is 11.5 Å². The molecule has 0 amide bonds. The zero-order valence-corrected chi connectivity index (χ0v) is 12.8. The van der Waals surface area contributed by atoms with Crippen LogP contribution in [0.1, 0.15) is 19.4 Å². The smallest absolute Gasteiger partial charge is 0.169 e. The van der Waals surface area contributed by atoms with Gasteiger partial charge in [0.2, 0.25) is 0 Å². The Kier molecular flexibility index (Phi) is 3.21. The molecule has 1 aliphatic rings.